The van der Waals surface area contributed by atoms with Crippen molar-refractivity contribution in [1.82, 2.24) is 24.9 Å². The number of rotatable bonds is 4. The van der Waals surface area contributed by atoms with Crippen LogP contribution in [0.2, 0.25) is 0 Å². The topological polar surface area (TPSA) is 58.4 Å². The van der Waals surface area contributed by atoms with Crippen LogP contribution in [-0.4, -0.2) is 44.8 Å². The Balaban J connectivity index is 1.67. The van der Waals surface area contributed by atoms with Gasteiger partial charge in [0.15, 0.2) is 0 Å². The van der Waals surface area contributed by atoms with Crippen LogP contribution in [0.3, 0.4) is 0 Å². The fourth-order valence-corrected chi connectivity index (χ4v) is 3.25. The minimum Gasteiger partial charge on any atom is -0.352 e. The van der Waals surface area contributed by atoms with Gasteiger partial charge in [0.05, 0.1) is 0 Å². The zero-order valence-corrected chi connectivity index (χ0v) is 12.5. The van der Waals surface area contributed by atoms with Gasteiger partial charge in [0, 0.05) is 30.4 Å². The molecule has 2 aromatic rings. The molecule has 2 fully saturated rings. The van der Waals surface area contributed by atoms with E-state index >= 15 is 0 Å². The Morgan fingerprint density at radius 2 is 2.24 bits per heavy atom. The van der Waals surface area contributed by atoms with Gasteiger partial charge in [-0.3, -0.25) is 0 Å². The average Bonchev–Trinajstić information content (AvgIpc) is 3.23. The molecule has 0 radical (unpaired) electrons. The SMILES string of the molecule is Cc1cc(N(CC2CCCCN2)C2CC2)n2ncnc2n1. The summed E-state index contributed by atoms with van der Waals surface area (Å²) in [6.07, 6.45) is 8.07. The fourth-order valence-electron chi connectivity index (χ4n) is 3.25. The van der Waals surface area contributed by atoms with Crippen LogP contribution < -0.4 is 10.2 Å². The molecule has 0 bridgehead atoms. The summed E-state index contributed by atoms with van der Waals surface area (Å²) in [4.78, 5) is 11.2. The highest BCUT2D eigenvalue weighted by Crippen LogP contribution is 2.32. The molecule has 2 aliphatic rings. The van der Waals surface area contributed by atoms with Gasteiger partial charge in [-0.15, -0.1) is 0 Å². The Kier molecular flexibility index (Phi) is 3.25. The van der Waals surface area contributed by atoms with E-state index in [9.17, 15) is 0 Å². The van der Waals surface area contributed by atoms with Crippen molar-refractivity contribution in [3.63, 3.8) is 0 Å². The maximum atomic E-state index is 4.45. The number of nitrogens with zero attached hydrogens (tertiary/aromatic N) is 5. The van der Waals surface area contributed by atoms with E-state index in [-0.39, 0.29) is 0 Å². The molecule has 1 aliphatic carbocycles. The molecule has 1 saturated carbocycles. The molecule has 0 aromatic carbocycles. The van der Waals surface area contributed by atoms with Crippen LogP contribution in [-0.2, 0) is 0 Å². The van der Waals surface area contributed by atoms with Crippen LogP contribution in [0.25, 0.3) is 5.78 Å². The van der Waals surface area contributed by atoms with Crippen molar-refractivity contribution in [2.24, 2.45) is 0 Å². The zero-order chi connectivity index (χ0) is 14.2. The highest BCUT2D eigenvalue weighted by molar-refractivity contribution is 5.49. The third-order valence-electron chi connectivity index (χ3n) is 4.47. The van der Waals surface area contributed by atoms with E-state index in [2.05, 4.69) is 31.3 Å². The molecule has 6 nitrogen and oxygen atoms in total. The van der Waals surface area contributed by atoms with Crippen molar-refractivity contribution in [3.8, 4) is 0 Å². The number of fused-ring (bicyclic) bond motifs is 1. The van der Waals surface area contributed by atoms with E-state index in [1.54, 1.807) is 6.33 Å². The molecule has 4 rings (SSSR count). The molecular formula is C15H22N6. The van der Waals surface area contributed by atoms with Gasteiger partial charge in [-0.2, -0.15) is 14.6 Å². The first kappa shape index (κ1) is 13.0. The molecule has 1 atom stereocenters. The normalized spacial score (nSPS) is 22.6. The molecule has 1 saturated heterocycles. The van der Waals surface area contributed by atoms with Crippen LogP contribution in [0.4, 0.5) is 5.82 Å². The number of hydrogen-bond acceptors (Lipinski definition) is 5. The van der Waals surface area contributed by atoms with Gasteiger partial charge in [0.2, 0.25) is 0 Å². The fraction of sp³-hybridized carbons (Fsp3) is 0.667. The lowest BCUT2D eigenvalue weighted by molar-refractivity contribution is 0.397. The summed E-state index contributed by atoms with van der Waals surface area (Å²) in [5.41, 5.74) is 1.01. The summed E-state index contributed by atoms with van der Waals surface area (Å²) in [6.45, 7) is 4.24. The highest BCUT2D eigenvalue weighted by atomic mass is 15.4. The predicted molar refractivity (Wildman–Crippen MR) is 81.5 cm³/mol. The van der Waals surface area contributed by atoms with Crippen molar-refractivity contribution >= 4 is 11.6 Å². The smallest absolute Gasteiger partial charge is 0.254 e. The first-order valence-electron chi connectivity index (χ1n) is 7.99. The number of aromatic nitrogens is 4. The Morgan fingerprint density at radius 1 is 1.33 bits per heavy atom. The van der Waals surface area contributed by atoms with Gasteiger partial charge < -0.3 is 10.2 Å². The van der Waals surface area contributed by atoms with E-state index in [1.165, 1.54) is 32.1 Å². The molecule has 2 aromatic heterocycles. The summed E-state index contributed by atoms with van der Waals surface area (Å²) in [7, 11) is 0. The Morgan fingerprint density at radius 3 is 3.00 bits per heavy atom. The van der Waals surface area contributed by atoms with Gasteiger partial charge in [-0.25, -0.2) is 4.98 Å². The van der Waals surface area contributed by atoms with Crippen molar-refractivity contribution < 1.29 is 0 Å². The summed E-state index contributed by atoms with van der Waals surface area (Å²) in [6, 6.07) is 3.39. The van der Waals surface area contributed by atoms with Crippen molar-refractivity contribution in [2.75, 3.05) is 18.0 Å². The number of piperidine rings is 1. The van der Waals surface area contributed by atoms with Crippen molar-refractivity contribution in [1.29, 1.82) is 0 Å². The Labute approximate surface area is 124 Å². The number of aryl methyl sites for hydroxylation is 1. The molecule has 3 heterocycles. The van der Waals surface area contributed by atoms with Gasteiger partial charge >= 0.3 is 0 Å². The van der Waals surface area contributed by atoms with Gasteiger partial charge in [0.1, 0.15) is 12.1 Å². The van der Waals surface area contributed by atoms with Crippen LogP contribution in [0.15, 0.2) is 12.4 Å². The summed E-state index contributed by atoms with van der Waals surface area (Å²) in [5.74, 6) is 1.84. The van der Waals surface area contributed by atoms with Crippen LogP contribution >= 0.6 is 0 Å². The summed E-state index contributed by atoms with van der Waals surface area (Å²) < 4.78 is 1.88. The number of anilines is 1. The third-order valence-corrected chi connectivity index (χ3v) is 4.47. The van der Waals surface area contributed by atoms with Gasteiger partial charge in [-0.05, 0) is 39.2 Å². The van der Waals surface area contributed by atoms with E-state index in [4.69, 9.17) is 0 Å². The van der Waals surface area contributed by atoms with Crippen LogP contribution in [0.5, 0.6) is 0 Å². The van der Waals surface area contributed by atoms with Crippen LogP contribution in [0, 0.1) is 6.92 Å². The quantitative estimate of drug-likeness (QED) is 0.924. The Hall–Kier alpha value is -1.69. The third kappa shape index (κ3) is 2.60. The van der Waals surface area contributed by atoms with Gasteiger partial charge in [-0.1, -0.05) is 6.42 Å². The largest absolute Gasteiger partial charge is 0.352 e. The molecule has 112 valence electrons. The van der Waals surface area contributed by atoms with Crippen molar-refractivity contribution in [2.45, 2.75) is 51.1 Å². The first-order chi connectivity index (χ1) is 10.3. The molecular weight excluding hydrogens is 264 g/mol. The molecule has 6 heteroatoms. The second kappa shape index (κ2) is 5.26. The van der Waals surface area contributed by atoms with E-state index in [0.29, 0.717) is 17.9 Å². The average molecular weight is 286 g/mol. The minimum atomic E-state index is 0.589. The number of hydrogen-bond donors (Lipinski definition) is 1. The summed E-state index contributed by atoms with van der Waals surface area (Å²) >= 11 is 0. The minimum absolute atomic E-state index is 0.589. The van der Waals surface area contributed by atoms with Gasteiger partial charge in [0.25, 0.3) is 5.78 Å². The first-order valence-corrected chi connectivity index (χ1v) is 7.99. The lowest BCUT2D eigenvalue weighted by atomic mass is 10.0. The zero-order valence-electron chi connectivity index (χ0n) is 12.5. The van der Waals surface area contributed by atoms with Crippen molar-refractivity contribution in [3.05, 3.63) is 18.1 Å². The second-order valence-electron chi connectivity index (χ2n) is 6.26. The molecule has 0 spiro atoms. The standard InChI is InChI=1S/C15H22N6/c1-11-8-14(21-15(19-11)17-10-18-21)20(13-5-6-13)9-12-4-2-3-7-16-12/h8,10,12-13,16H,2-7,9H2,1H3. The maximum absolute atomic E-state index is 4.45. The lowest BCUT2D eigenvalue weighted by Crippen LogP contribution is -2.45. The summed E-state index contributed by atoms with van der Waals surface area (Å²) in [5, 5.41) is 8.02. The Bertz CT molecular complexity index is 626. The highest BCUT2D eigenvalue weighted by Gasteiger charge is 2.33. The molecule has 0 amide bonds. The predicted octanol–water partition coefficient (Wildman–Crippen LogP) is 1.54. The molecule has 1 N–H and O–H groups in total. The number of nitrogens with one attached hydrogen (secondary N) is 1. The van der Waals surface area contributed by atoms with E-state index in [1.807, 2.05) is 11.4 Å². The lowest BCUT2D eigenvalue weighted by Gasteiger charge is -2.32. The molecule has 21 heavy (non-hydrogen) atoms. The monoisotopic (exact) mass is 286 g/mol. The van der Waals surface area contributed by atoms with Crippen LogP contribution in [0.1, 0.15) is 37.8 Å². The second-order valence-corrected chi connectivity index (χ2v) is 6.26. The van der Waals surface area contributed by atoms with E-state index < -0.39 is 0 Å². The maximum Gasteiger partial charge on any atom is 0.254 e. The molecule has 1 aliphatic heterocycles. The van der Waals surface area contributed by atoms with E-state index in [0.717, 1.165) is 24.6 Å². The molecule has 1 unspecified atom stereocenters.